The molecular weight excluding hydrogens is 262 g/mol. The molecule has 0 aromatic heterocycles. The largest absolute Gasteiger partial charge is 0.354 e. The SMILES string of the molecule is Cc1cc2c(cc1C)N(C(C)C(=O)NN)C(C)(C)CC2C. The Kier molecular flexibility index (Phi) is 4.02. The van der Waals surface area contributed by atoms with Gasteiger partial charge in [0, 0.05) is 11.2 Å². The highest BCUT2D eigenvalue weighted by Gasteiger charge is 2.40. The average Bonchev–Trinajstić information content (AvgIpc) is 2.39. The van der Waals surface area contributed by atoms with Crippen LogP contribution in [0.1, 0.15) is 56.7 Å². The predicted octanol–water partition coefficient (Wildman–Crippen LogP) is 2.77. The normalized spacial score (nSPS) is 21.7. The van der Waals surface area contributed by atoms with E-state index in [9.17, 15) is 4.79 Å². The van der Waals surface area contributed by atoms with Crippen molar-refractivity contribution in [1.82, 2.24) is 5.43 Å². The van der Waals surface area contributed by atoms with Crippen LogP contribution in [0, 0.1) is 13.8 Å². The van der Waals surface area contributed by atoms with E-state index in [1.807, 2.05) is 6.92 Å². The van der Waals surface area contributed by atoms with E-state index in [-0.39, 0.29) is 17.5 Å². The fourth-order valence-electron chi connectivity index (χ4n) is 3.68. The van der Waals surface area contributed by atoms with E-state index >= 15 is 0 Å². The van der Waals surface area contributed by atoms with Gasteiger partial charge < -0.3 is 4.90 Å². The molecule has 0 radical (unpaired) electrons. The molecule has 2 atom stereocenters. The van der Waals surface area contributed by atoms with Crippen molar-refractivity contribution in [2.75, 3.05) is 4.90 Å². The third-order valence-electron chi connectivity index (χ3n) is 4.80. The topological polar surface area (TPSA) is 58.4 Å². The second-order valence-electron chi connectivity index (χ2n) is 6.97. The maximum Gasteiger partial charge on any atom is 0.256 e. The number of hydrazine groups is 1. The van der Waals surface area contributed by atoms with Gasteiger partial charge in [0.25, 0.3) is 5.91 Å². The predicted molar refractivity (Wildman–Crippen MR) is 87.3 cm³/mol. The molecule has 2 unspecified atom stereocenters. The van der Waals surface area contributed by atoms with Crippen molar-refractivity contribution in [1.29, 1.82) is 0 Å². The Bertz CT molecular complexity index is 565. The van der Waals surface area contributed by atoms with Crippen LogP contribution >= 0.6 is 0 Å². The third-order valence-corrected chi connectivity index (χ3v) is 4.80. The summed E-state index contributed by atoms with van der Waals surface area (Å²) >= 11 is 0. The van der Waals surface area contributed by atoms with Crippen LogP contribution in [-0.2, 0) is 4.79 Å². The first-order valence-electron chi connectivity index (χ1n) is 7.60. The van der Waals surface area contributed by atoms with E-state index in [4.69, 9.17) is 5.84 Å². The minimum atomic E-state index is -0.293. The Morgan fingerprint density at radius 1 is 1.38 bits per heavy atom. The van der Waals surface area contributed by atoms with Crippen LogP contribution in [0.4, 0.5) is 5.69 Å². The van der Waals surface area contributed by atoms with E-state index in [1.54, 1.807) is 0 Å². The number of benzene rings is 1. The van der Waals surface area contributed by atoms with Gasteiger partial charge in [0.1, 0.15) is 6.04 Å². The van der Waals surface area contributed by atoms with Gasteiger partial charge >= 0.3 is 0 Å². The molecule has 21 heavy (non-hydrogen) atoms. The lowest BCUT2D eigenvalue weighted by molar-refractivity contribution is -0.122. The molecule has 0 fully saturated rings. The highest BCUT2D eigenvalue weighted by molar-refractivity contribution is 5.85. The molecule has 1 heterocycles. The lowest BCUT2D eigenvalue weighted by Gasteiger charge is -2.50. The molecule has 2 rings (SSSR count). The average molecular weight is 289 g/mol. The Morgan fingerprint density at radius 2 is 1.95 bits per heavy atom. The van der Waals surface area contributed by atoms with Crippen LogP contribution in [0.2, 0.25) is 0 Å². The van der Waals surface area contributed by atoms with Gasteiger partial charge in [-0.3, -0.25) is 10.2 Å². The van der Waals surface area contributed by atoms with E-state index in [0.29, 0.717) is 5.92 Å². The van der Waals surface area contributed by atoms with Crippen LogP contribution in [0.25, 0.3) is 0 Å². The van der Waals surface area contributed by atoms with Crippen molar-refractivity contribution in [2.24, 2.45) is 5.84 Å². The first-order valence-corrected chi connectivity index (χ1v) is 7.60. The lowest BCUT2D eigenvalue weighted by atomic mass is 9.78. The Hall–Kier alpha value is -1.55. The molecule has 4 heteroatoms. The number of carbonyl (C=O) groups is 1. The fourth-order valence-corrected chi connectivity index (χ4v) is 3.68. The van der Waals surface area contributed by atoms with E-state index in [0.717, 1.165) is 12.1 Å². The highest BCUT2D eigenvalue weighted by Crippen LogP contribution is 2.45. The molecule has 1 aromatic carbocycles. The number of hydrogen-bond donors (Lipinski definition) is 2. The Labute approximate surface area is 127 Å². The number of nitrogens with one attached hydrogen (secondary N) is 1. The van der Waals surface area contributed by atoms with Crippen molar-refractivity contribution in [3.8, 4) is 0 Å². The summed E-state index contributed by atoms with van der Waals surface area (Å²) in [7, 11) is 0. The second kappa shape index (κ2) is 5.34. The molecule has 0 saturated heterocycles. The summed E-state index contributed by atoms with van der Waals surface area (Å²) < 4.78 is 0. The van der Waals surface area contributed by atoms with E-state index in [2.05, 4.69) is 57.1 Å². The molecular formula is C17H27N3O. The first kappa shape index (κ1) is 15.8. The number of aryl methyl sites for hydroxylation is 2. The molecule has 1 aliphatic rings. The van der Waals surface area contributed by atoms with Gasteiger partial charge in [-0.1, -0.05) is 13.0 Å². The number of hydrogen-bond acceptors (Lipinski definition) is 3. The Balaban J connectivity index is 2.61. The zero-order valence-electron chi connectivity index (χ0n) is 13.9. The first-order chi connectivity index (χ1) is 9.69. The number of nitrogens with two attached hydrogens (primary N) is 1. The number of nitrogens with zero attached hydrogens (tertiary/aromatic N) is 1. The van der Waals surface area contributed by atoms with Gasteiger partial charge in [-0.15, -0.1) is 0 Å². The summed E-state index contributed by atoms with van der Waals surface area (Å²) in [5.74, 6) is 5.68. The van der Waals surface area contributed by atoms with Crippen LogP contribution < -0.4 is 16.2 Å². The summed E-state index contributed by atoms with van der Waals surface area (Å²) in [4.78, 5) is 14.3. The maximum atomic E-state index is 12.1. The zero-order chi connectivity index (χ0) is 15.9. The summed E-state index contributed by atoms with van der Waals surface area (Å²) in [6.45, 7) is 12.8. The fraction of sp³-hybridized carbons (Fsp3) is 0.588. The molecule has 0 spiro atoms. The van der Waals surface area contributed by atoms with Crippen molar-refractivity contribution in [3.05, 3.63) is 28.8 Å². The molecule has 0 saturated carbocycles. The molecule has 3 N–H and O–H groups in total. The molecule has 1 amide bonds. The van der Waals surface area contributed by atoms with Gasteiger partial charge in [0.05, 0.1) is 0 Å². The van der Waals surface area contributed by atoms with Crippen LogP contribution in [-0.4, -0.2) is 17.5 Å². The number of carbonyl (C=O) groups excluding carboxylic acids is 1. The van der Waals surface area contributed by atoms with Gasteiger partial charge in [-0.25, -0.2) is 5.84 Å². The summed E-state index contributed by atoms with van der Waals surface area (Å²) in [5, 5.41) is 0. The van der Waals surface area contributed by atoms with Crippen molar-refractivity contribution in [2.45, 2.75) is 65.5 Å². The summed E-state index contributed by atoms with van der Waals surface area (Å²) in [6.07, 6.45) is 1.02. The molecule has 0 aliphatic carbocycles. The summed E-state index contributed by atoms with van der Waals surface area (Å²) in [6, 6.07) is 4.19. The number of amides is 1. The quantitative estimate of drug-likeness (QED) is 0.500. The monoisotopic (exact) mass is 289 g/mol. The lowest BCUT2D eigenvalue weighted by Crippen LogP contribution is -2.58. The second-order valence-corrected chi connectivity index (χ2v) is 6.97. The number of rotatable bonds is 2. The van der Waals surface area contributed by atoms with Crippen LogP contribution in [0.15, 0.2) is 12.1 Å². The minimum Gasteiger partial charge on any atom is -0.354 e. The standard InChI is InChI=1S/C17H27N3O/c1-10-7-14-12(3)9-17(5,6)20(13(4)16(21)19-18)15(14)8-11(10)2/h7-8,12-13H,9,18H2,1-6H3,(H,19,21). The van der Waals surface area contributed by atoms with Crippen LogP contribution in [0.5, 0.6) is 0 Å². The van der Waals surface area contributed by atoms with Crippen LogP contribution in [0.3, 0.4) is 0 Å². The van der Waals surface area contributed by atoms with E-state index in [1.165, 1.54) is 16.7 Å². The number of anilines is 1. The van der Waals surface area contributed by atoms with Crippen molar-refractivity contribution < 1.29 is 4.79 Å². The molecule has 1 aromatic rings. The molecule has 4 nitrogen and oxygen atoms in total. The van der Waals surface area contributed by atoms with Gasteiger partial charge in [-0.2, -0.15) is 0 Å². The zero-order valence-corrected chi connectivity index (χ0v) is 13.9. The van der Waals surface area contributed by atoms with Crippen molar-refractivity contribution in [3.63, 3.8) is 0 Å². The molecule has 1 aliphatic heterocycles. The Morgan fingerprint density at radius 3 is 2.52 bits per heavy atom. The third kappa shape index (κ3) is 2.64. The highest BCUT2D eigenvalue weighted by atomic mass is 16.2. The van der Waals surface area contributed by atoms with Crippen molar-refractivity contribution >= 4 is 11.6 Å². The smallest absolute Gasteiger partial charge is 0.256 e. The van der Waals surface area contributed by atoms with Gasteiger partial charge in [-0.05, 0) is 69.7 Å². The summed E-state index contributed by atoms with van der Waals surface area (Å²) in [5.41, 5.74) is 7.25. The number of fused-ring (bicyclic) bond motifs is 1. The van der Waals surface area contributed by atoms with Gasteiger partial charge in [0.15, 0.2) is 0 Å². The van der Waals surface area contributed by atoms with E-state index < -0.39 is 0 Å². The minimum absolute atomic E-state index is 0.0833. The van der Waals surface area contributed by atoms with Gasteiger partial charge in [0.2, 0.25) is 0 Å². The molecule has 116 valence electrons. The molecule has 0 bridgehead atoms. The maximum absolute atomic E-state index is 12.1.